The lowest BCUT2D eigenvalue weighted by Crippen LogP contribution is -2.57. The van der Waals surface area contributed by atoms with Crippen LogP contribution in [-0.2, 0) is 19.2 Å². The summed E-state index contributed by atoms with van der Waals surface area (Å²) in [4.78, 5) is 45.9. The molecule has 1 aliphatic heterocycles. The second kappa shape index (κ2) is 16.8. The molecule has 0 amide bonds. The second-order valence-corrected chi connectivity index (χ2v) is 13.0. The predicted molar refractivity (Wildman–Crippen MR) is 150 cm³/mol. The molecule has 3 unspecified atom stereocenters. The fraction of sp³-hybridized carbons (Fsp3) is 0.867. The standard InChI is InChI=1S/C30H53NO8/c1-29(2)19-21(20-30(3,4)31-29)16-14-12-10-8-6-5-7-9-11-13-15-17-22(26(34)35)25(28(38)39)23(27(36)37)18-24(32)33/h21-23,25,31H,5-20H2,1-4H3,(H,32,33)(H,34,35)(H,36,37)(H,38,39). The number of nitrogens with one attached hydrogen (secondary N) is 1. The molecule has 1 heterocycles. The lowest BCUT2D eigenvalue weighted by atomic mass is 9.74. The van der Waals surface area contributed by atoms with Gasteiger partial charge < -0.3 is 25.7 Å². The summed E-state index contributed by atoms with van der Waals surface area (Å²) in [5.41, 5.74) is 0.438. The number of hydrogen-bond acceptors (Lipinski definition) is 5. The van der Waals surface area contributed by atoms with Gasteiger partial charge in [0.1, 0.15) is 0 Å². The van der Waals surface area contributed by atoms with Crippen molar-refractivity contribution in [3.63, 3.8) is 0 Å². The molecular formula is C30H53NO8. The number of carbonyl (C=O) groups is 4. The van der Waals surface area contributed by atoms with Crippen LogP contribution in [-0.4, -0.2) is 55.4 Å². The first kappa shape index (κ1) is 34.9. The smallest absolute Gasteiger partial charge is 0.308 e. The molecule has 0 spiro atoms. The predicted octanol–water partition coefficient (Wildman–Crippen LogP) is 6.19. The summed E-state index contributed by atoms with van der Waals surface area (Å²) in [5.74, 6) is -10.3. The minimum absolute atomic E-state index is 0.0159. The molecule has 1 fully saturated rings. The maximum atomic E-state index is 11.7. The van der Waals surface area contributed by atoms with Gasteiger partial charge in [0.15, 0.2) is 0 Å². The number of unbranched alkanes of at least 4 members (excludes halogenated alkanes) is 10. The van der Waals surface area contributed by atoms with Gasteiger partial charge in [0, 0.05) is 11.1 Å². The molecule has 1 aliphatic rings. The minimum Gasteiger partial charge on any atom is -0.481 e. The molecule has 226 valence electrons. The van der Waals surface area contributed by atoms with Gasteiger partial charge in [-0.2, -0.15) is 0 Å². The van der Waals surface area contributed by atoms with Crippen LogP contribution in [0.2, 0.25) is 0 Å². The molecular weight excluding hydrogens is 502 g/mol. The van der Waals surface area contributed by atoms with Gasteiger partial charge in [-0.15, -0.1) is 0 Å². The Balaban J connectivity index is 2.19. The summed E-state index contributed by atoms with van der Waals surface area (Å²) in [6.07, 6.45) is 14.7. The summed E-state index contributed by atoms with van der Waals surface area (Å²) in [6, 6.07) is 0. The molecule has 0 bridgehead atoms. The number of piperidine rings is 1. The van der Waals surface area contributed by atoms with E-state index in [0.29, 0.717) is 6.42 Å². The molecule has 39 heavy (non-hydrogen) atoms. The zero-order valence-corrected chi connectivity index (χ0v) is 24.5. The van der Waals surface area contributed by atoms with Crippen molar-refractivity contribution in [1.82, 2.24) is 5.32 Å². The van der Waals surface area contributed by atoms with E-state index in [-0.39, 0.29) is 17.5 Å². The minimum atomic E-state index is -1.79. The van der Waals surface area contributed by atoms with E-state index in [9.17, 15) is 34.5 Å². The van der Waals surface area contributed by atoms with Crippen molar-refractivity contribution in [3.8, 4) is 0 Å². The molecule has 3 atom stereocenters. The van der Waals surface area contributed by atoms with Gasteiger partial charge in [-0.25, -0.2) is 0 Å². The van der Waals surface area contributed by atoms with E-state index in [4.69, 9.17) is 5.11 Å². The van der Waals surface area contributed by atoms with Crippen molar-refractivity contribution in [2.24, 2.45) is 23.7 Å². The van der Waals surface area contributed by atoms with Crippen molar-refractivity contribution in [2.75, 3.05) is 0 Å². The zero-order chi connectivity index (χ0) is 29.6. The Morgan fingerprint density at radius 1 is 0.641 bits per heavy atom. The van der Waals surface area contributed by atoms with Crippen LogP contribution in [0, 0.1) is 23.7 Å². The Bertz CT molecular complexity index is 778. The van der Waals surface area contributed by atoms with Crippen LogP contribution in [0.25, 0.3) is 0 Å². The maximum Gasteiger partial charge on any atom is 0.308 e. The van der Waals surface area contributed by atoms with Crippen LogP contribution in [0.15, 0.2) is 0 Å². The highest BCUT2D eigenvalue weighted by Crippen LogP contribution is 2.35. The van der Waals surface area contributed by atoms with Gasteiger partial charge in [-0.1, -0.05) is 77.0 Å². The molecule has 9 nitrogen and oxygen atoms in total. The van der Waals surface area contributed by atoms with Crippen molar-refractivity contribution in [2.45, 2.75) is 142 Å². The lowest BCUT2D eigenvalue weighted by molar-refractivity contribution is -0.164. The SMILES string of the molecule is CC1(C)CC(CCCCCCCCCCCCCC(C(=O)O)C(C(=O)O)C(CC(=O)O)C(=O)O)CC(C)(C)N1. The first-order chi connectivity index (χ1) is 18.1. The number of rotatable bonds is 21. The molecule has 1 rings (SSSR count). The van der Waals surface area contributed by atoms with Gasteiger partial charge in [0.25, 0.3) is 0 Å². The Morgan fingerprint density at radius 2 is 1.05 bits per heavy atom. The van der Waals surface area contributed by atoms with Crippen molar-refractivity contribution >= 4 is 23.9 Å². The molecule has 9 heteroatoms. The highest BCUT2D eigenvalue weighted by Gasteiger charge is 2.43. The molecule has 1 saturated heterocycles. The first-order valence-electron chi connectivity index (χ1n) is 14.8. The molecule has 5 N–H and O–H groups in total. The highest BCUT2D eigenvalue weighted by molar-refractivity contribution is 5.87. The van der Waals surface area contributed by atoms with Crippen LogP contribution in [0.4, 0.5) is 0 Å². The van der Waals surface area contributed by atoms with Crippen LogP contribution >= 0.6 is 0 Å². The molecule has 0 aromatic carbocycles. The van der Waals surface area contributed by atoms with Crippen LogP contribution < -0.4 is 5.32 Å². The zero-order valence-electron chi connectivity index (χ0n) is 24.5. The lowest BCUT2D eigenvalue weighted by Gasteiger charge is -2.46. The van der Waals surface area contributed by atoms with E-state index in [1.54, 1.807) is 0 Å². The first-order valence-corrected chi connectivity index (χ1v) is 14.8. The second-order valence-electron chi connectivity index (χ2n) is 13.0. The Labute approximate surface area is 234 Å². The number of hydrogen-bond donors (Lipinski definition) is 5. The van der Waals surface area contributed by atoms with Crippen molar-refractivity contribution in [1.29, 1.82) is 0 Å². The molecule has 0 aromatic rings. The van der Waals surface area contributed by atoms with Gasteiger partial charge >= 0.3 is 23.9 Å². The fourth-order valence-corrected chi connectivity index (χ4v) is 6.76. The summed E-state index contributed by atoms with van der Waals surface area (Å²) in [5, 5.41) is 41.0. The number of aliphatic carboxylic acids is 4. The summed E-state index contributed by atoms with van der Waals surface area (Å²) >= 11 is 0. The largest absolute Gasteiger partial charge is 0.481 e. The average molecular weight is 556 g/mol. The fourth-order valence-electron chi connectivity index (χ4n) is 6.76. The maximum absolute atomic E-state index is 11.7. The third-order valence-corrected chi connectivity index (χ3v) is 8.08. The van der Waals surface area contributed by atoms with Gasteiger partial charge in [-0.05, 0) is 52.9 Å². The van der Waals surface area contributed by atoms with E-state index in [2.05, 4.69) is 33.0 Å². The van der Waals surface area contributed by atoms with Crippen molar-refractivity contribution < 1.29 is 39.6 Å². The summed E-state index contributed by atoms with van der Waals surface area (Å²) in [6.45, 7) is 9.24. The van der Waals surface area contributed by atoms with E-state index >= 15 is 0 Å². The summed E-state index contributed by atoms with van der Waals surface area (Å²) < 4.78 is 0. The monoisotopic (exact) mass is 555 g/mol. The van der Waals surface area contributed by atoms with E-state index in [0.717, 1.165) is 31.6 Å². The normalized spacial score (nSPS) is 19.2. The van der Waals surface area contributed by atoms with E-state index < -0.39 is 48.1 Å². The molecule has 0 aromatic heterocycles. The van der Waals surface area contributed by atoms with Gasteiger partial charge in [-0.3, -0.25) is 19.2 Å². The molecule has 0 radical (unpaired) electrons. The molecule has 0 aliphatic carbocycles. The topological polar surface area (TPSA) is 161 Å². The van der Waals surface area contributed by atoms with Crippen LogP contribution in [0.5, 0.6) is 0 Å². The quantitative estimate of drug-likeness (QED) is 0.104. The van der Waals surface area contributed by atoms with Crippen LogP contribution in [0.3, 0.4) is 0 Å². The van der Waals surface area contributed by atoms with Gasteiger partial charge in [0.2, 0.25) is 0 Å². The van der Waals surface area contributed by atoms with Gasteiger partial charge in [0.05, 0.1) is 24.2 Å². The third kappa shape index (κ3) is 14.2. The molecule has 0 saturated carbocycles. The third-order valence-electron chi connectivity index (χ3n) is 8.08. The van der Waals surface area contributed by atoms with E-state index in [1.807, 2.05) is 0 Å². The number of carboxylic acid groups (broad SMARTS) is 4. The Morgan fingerprint density at radius 3 is 1.44 bits per heavy atom. The van der Waals surface area contributed by atoms with E-state index in [1.165, 1.54) is 57.8 Å². The van der Waals surface area contributed by atoms with Crippen molar-refractivity contribution in [3.05, 3.63) is 0 Å². The van der Waals surface area contributed by atoms with Crippen LogP contribution in [0.1, 0.15) is 130 Å². The highest BCUT2D eigenvalue weighted by atomic mass is 16.4. The summed E-state index contributed by atoms with van der Waals surface area (Å²) in [7, 11) is 0. The average Bonchev–Trinajstić information content (AvgIpc) is 2.77. The Kier molecular flexibility index (Phi) is 15.0. The Hall–Kier alpha value is -2.16. The number of carboxylic acids is 4.